The molecule has 1 aliphatic heterocycles. The third kappa shape index (κ3) is 0.902. The first-order valence-electron chi connectivity index (χ1n) is 4.33. The van der Waals surface area contributed by atoms with E-state index in [1.807, 2.05) is 22.9 Å². The molecule has 2 heterocycles. The highest BCUT2D eigenvalue weighted by atomic mass is 35.5. The van der Waals surface area contributed by atoms with Gasteiger partial charge in [-0.25, -0.2) is 0 Å². The van der Waals surface area contributed by atoms with Crippen LogP contribution in [0.25, 0.3) is 10.9 Å². The molecule has 0 radical (unpaired) electrons. The molecule has 2 aromatic rings. The molecule has 1 amide bonds. The van der Waals surface area contributed by atoms with Crippen LogP contribution in [-0.2, 0) is 11.3 Å². The van der Waals surface area contributed by atoms with Gasteiger partial charge < -0.3 is 9.88 Å². The lowest BCUT2D eigenvalue weighted by atomic mass is 10.2. The molecular weight excluding hydrogens is 200 g/mol. The summed E-state index contributed by atoms with van der Waals surface area (Å²) in [6.07, 6.45) is 1.89. The first-order chi connectivity index (χ1) is 6.75. The van der Waals surface area contributed by atoms with Crippen molar-refractivity contribution in [3.63, 3.8) is 0 Å². The maximum absolute atomic E-state index is 11.3. The molecule has 4 heteroatoms. The van der Waals surface area contributed by atoms with E-state index in [9.17, 15) is 4.79 Å². The summed E-state index contributed by atoms with van der Waals surface area (Å²) in [7, 11) is 0. The summed E-state index contributed by atoms with van der Waals surface area (Å²) < 4.78 is 1.91. The van der Waals surface area contributed by atoms with E-state index in [1.54, 1.807) is 6.07 Å². The summed E-state index contributed by atoms with van der Waals surface area (Å²) >= 11 is 6.03. The van der Waals surface area contributed by atoms with E-state index >= 15 is 0 Å². The third-order valence-corrected chi connectivity index (χ3v) is 2.79. The summed E-state index contributed by atoms with van der Waals surface area (Å²) in [6, 6.07) is 5.56. The van der Waals surface area contributed by atoms with E-state index in [1.165, 1.54) is 0 Å². The van der Waals surface area contributed by atoms with Crippen molar-refractivity contribution in [2.45, 2.75) is 6.54 Å². The first-order valence-corrected chi connectivity index (χ1v) is 4.71. The van der Waals surface area contributed by atoms with Crippen LogP contribution >= 0.6 is 11.6 Å². The molecule has 0 atom stereocenters. The molecule has 1 aromatic heterocycles. The quantitative estimate of drug-likeness (QED) is 0.705. The van der Waals surface area contributed by atoms with E-state index in [2.05, 4.69) is 5.32 Å². The predicted octanol–water partition coefficient (Wildman–Crippen LogP) is 2.25. The van der Waals surface area contributed by atoms with Crippen LogP contribution in [0.2, 0.25) is 5.02 Å². The monoisotopic (exact) mass is 206 g/mol. The Balaban J connectivity index is 2.45. The number of nitrogens with one attached hydrogen (secondary N) is 1. The Bertz CT molecular complexity index is 544. The van der Waals surface area contributed by atoms with Gasteiger partial charge in [-0.3, -0.25) is 4.79 Å². The molecule has 70 valence electrons. The SMILES string of the molecule is O=C1Cn2ccc3c(Cl)ccc(c32)N1. The molecule has 1 N–H and O–H groups in total. The lowest BCUT2D eigenvalue weighted by molar-refractivity contribution is -0.116. The number of anilines is 1. The molecule has 3 nitrogen and oxygen atoms in total. The summed E-state index contributed by atoms with van der Waals surface area (Å²) in [5, 5.41) is 4.53. The first kappa shape index (κ1) is 7.88. The number of rotatable bonds is 0. The van der Waals surface area contributed by atoms with Gasteiger partial charge in [0.15, 0.2) is 0 Å². The highest BCUT2D eigenvalue weighted by molar-refractivity contribution is 6.36. The number of hydrogen-bond acceptors (Lipinski definition) is 1. The molecule has 0 fully saturated rings. The molecule has 0 bridgehead atoms. The van der Waals surface area contributed by atoms with Gasteiger partial charge in [-0.05, 0) is 18.2 Å². The Labute approximate surface area is 85.3 Å². The number of aromatic nitrogens is 1. The Morgan fingerprint density at radius 1 is 1.36 bits per heavy atom. The zero-order chi connectivity index (χ0) is 9.71. The number of carbonyl (C=O) groups is 1. The smallest absolute Gasteiger partial charge is 0.244 e. The van der Waals surface area contributed by atoms with Crippen LogP contribution in [0.3, 0.4) is 0 Å². The largest absolute Gasteiger partial charge is 0.336 e. The van der Waals surface area contributed by atoms with Crippen molar-refractivity contribution in [1.29, 1.82) is 0 Å². The van der Waals surface area contributed by atoms with E-state index in [4.69, 9.17) is 11.6 Å². The predicted molar refractivity (Wildman–Crippen MR) is 55.6 cm³/mol. The van der Waals surface area contributed by atoms with Crippen molar-refractivity contribution in [3.05, 3.63) is 29.4 Å². The van der Waals surface area contributed by atoms with Crippen LogP contribution in [0.5, 0.6) is 0 Å². The highest BCUT2D eigenvalue weighted by Gasteiger charge is 2.17. The van der Waals surface area contributed by atoms with Gasteiger partial charge in [-0.2, -0.15) is 0 Å². The van der Waals surface area contributed by atoms with Crippen LogP contribution in [0.4, 0.5) is 5.69 Å². The third-order valence-electron chi connectivity index (χ3n) is 2.46. The Morgan fingerprint density at radius 3 is 3.07 bits per heavy atom. The Morgan fingerprint density at radius 2 is 2.21 bits per heavy atom. The summed E-state index contributed by atoms with van der Waals surface area (Å²) in [5.74, 6) is 0.0114. The lowest BCUT2D eigenvalue weighted by Gasteiger charge is -2.16. The molecule has 0 unspecified atom stereocenters. The van der Waals surface area contributed by atoms with E-state index in [0.29, 0.717) is 6.54 Å². The Kier molecular flexibility index (Phi) is 1.42. The second-order valence-corrected chi connectivity index (χ2v) is 3.76. The van der Waals surface area contributed by atoms with Crippen molar-refractivity contribution < 1.29 is 4.79 Å². The van der Waals surface area contributed by atoms with Gasteiger partial charge >= 0.3 is 0 Å². The normalized spacial score (nSPS) is 14.5. The minimum atomic E-state index is 0.0114. The van der Waals surface area contributed by atoms with Crippen LogP contribution in [0.1, 0.15) is 0 Å². The second-order valence-electron chi connectivity index (χ2n) is 3.35. The van der Waals surface area contributed by atoms with Gasteiger partial charge in [-0.15, -0.1) is 0 Å². The Hall–Kier alpha value is -1.48. The number of hydrogen-bond donors (Lipinski definition) is 1. The van der Waals surface area contributed by atoms with Gasteiger partial charge in [0.1, 0.15) is 6.54 Å². The zero-order valence-corrected chi connectivity index (χ0v) is 8.01. The highest BCUT2D eigenvalue weighted by Crippen LogP contribution is 2.32. The molecule has 0 saturated carbocycles. The molecule has 0 aliphatic carbocycles. The van der Waals surface area contributed by atoms with Crippen molar-refractivity contribution >= 4 is 34.1 Å². The minimum absolute atomic E-state index is 0.0114. The average Bonchev–Trinajstić information content (AvgIpc) is 2.56. The summed E-state index contributed by atoms with van der Waals surface area (Å²) in [4.78, 5) is 11.3. The van der Waals surface area contributed by atoms with Crippen LogP contribution in [0, 0.1) is 0 Å². The van der Waals surface area contributed by atoms with Crippen molar-refractivity contribution in [2.24, 2.45) is 0 Å². The standard InChI is InChI=1S/C10H7ClN2O/c11-7-1-2-8-10-6(7)3-4-13(10)5-9(14)12-8/h1-4H,5H2,(H,12,14). The van der Waals surface area contributed by atoms with E-state index in [-0.39, 0.29) is 5.91 Å². The molecule has 1 aromatic carbocycles. The average molecular weight is 207 g/mol. The minimum Gasteiger partial charge on any atom is -0.336 e. The van der Waals surface area contributed by atoms with E-state index < -0.39 is 0 Å². The number of benzene rings is 1. The van der Waals surface area contributed by atoms with Crippen molar-refractivity contribution in [2.75, 3.05) is 5.32 Å². The fraction of sp³-hybridized carbons (Fsp3) is 0.100. The van der Waals surface area contributed by atoms with Gasteiger partial charge in [-0.1, -0.05) is 11.6 Å². The van der Waals surface area contributed by atoms with Gasteiger partial charge in [0.05, 0.1) is 16.2 Å². The lowest BCUT2D eigenvalue weighted by Crippen LogP contribution is -2.23. The van der Waals surface area contributed by atoms with Crippen molar-refractivity contribution in [1.82, 2.24) is 4.57 Å². The zero-order valence-electron chi connectivity index (χ0n) is 7.25. The fourth-order valence-corrected chi connectivity index (χ4v) is 2.08. The number of amides is 1. The van der Waals surface area contributed by atoms with Crippen LogP contribution in [-0.4, -0.2) is 10.5 Å². The second kappa shape index (κ2) is 2.51. The topological polar surface area (TPSA) is 34.0 Å². The van der Waals surface area contributed by atoms with Crippen molar-refractivity contribution in [3.8, 4) is 0 Å². The van der Waals surface area contributed by atoms with Gasteiger partial charge in [0.25, 0.3) is 0 Å². The molecule has 3 rings (SSSR count). The van der Waals surface area contributed by atoms with E-state index in [0.717, 1.165) is 21.6 Å². The number of halogens is 1. The summed E-state index contributed by atoms with van der Waals surface area (Å²) in [5.41, 5.74) is 1.85. The number of nitrogens with zero attached hydrogens (tertiary/aromatic N) is 1. The molecule has 0 saturated heterocycles. The summed E-state index contributed by atoms with van der Waals surface area (Å²) in [6.45, 7) is 0.372. The number of carbonyl (C=O) groups excluding carboxylic acids is 1. The van der Waals surface area contributed by atoms with Gasteiger partial charge in [0.2, 0.25) is 5.91 Å². The van der Waals surface area contributed by atoms with Crippen LogP contribution in [0.15, 0.2) is 24.4 Å². The molecular formula is C10H7ClN2O. The van der Waals surface area contributed by atoms with Crippen LogP contribution < -0.4 is 5.32 Å². The molecule has 14 heavy (non-hydrogen) atoms. The van der Waals surface area contributed by atoms with Gasteiger partial charge in [0, 0.05) is 11.6 Å². The fourth-order valence-electron chi connectivity index (χ4n) is 1.87. The molecule has 0 spiro atoms. The maximum atomic E-state index is 11.3. The molecule has 1 aliphatic rings. The maximum Gasteiger partial charge on any atom is 0.244 e.